The molecule has 5 heterocycles. The van der Waals surface area contributed by atoms with E-state index in [0.29, 0.717) is 0 Å². The minimum atomic E-state index is -2.22. The number of nitrogens with zero attached hydrogens (tertiary/aromatic N) is 8. The molecule has 0 aliphatic carbocycles. The maximum absolute atomic E-state index is 15.4. The van der Waals surface area contributed by atoms with E-state index in [1.165, 1.54) is 0 Å². The van der Waals surface area contributed by atoms with Gasteiger partial charge in [0.1, 0.15) is 0 Å². The van der Waals surface area contributed by atoms with Crippen LogP contribution in [0.1, 0.15) is 0 Å². The molecule has 9 nitrogen and oxygen atoms in total. The number of rotatable bonds is 0. The van der Waals surface area contributed by atoms with Gasteiger partial charge in [-0.05, 0) is 70.1 Å². The van der Waals surface area contributed by atoms with E-state index in [1.807, 2.05) is 0 Å². The third-order valence-electron chi connectivity index (χ3n) is 12.5. The Kier molecular flexibility index (Phi) is 10.0. The summed E-state index contributed by atoms with van der Waals surface area (Å²) < 4.78 is 249. The normalized spacial score (nSPS) is 12.2. The first-order chi connectivity index (χ1) is 35.3. The number of hydrogen-bond acceptors (Lipinski definition) is 7. The van der Waals surface area contributed by atoms with E-state index in [0.717, 1.165) is 65.9 Å². The predicted molar refractivity (Wildman–Crippen MR) is 224 cm³/mol. The summed E-state index contributed by atoms with van der Waals surface area (Å²) in [5.74, 6) is -35.3. The van der Waals surface area contributed by atoms with Crippen molar-refractivity contribution in [2.24, 2.45) is 0 Å². The van der Waals surface area contributed by atoms with Crippen LogP contribution in [0, 0.1) is 93.1 Å². The summed E-state index contributed by atoms with van der Waals surface area (Å²) in [5, 5.41) is -8.50. The van der Waals surface area contributed by atoms with Gasteiger partial charge in [-0.15, -0.1) is 0 Å². The quantitative estimate of drug-likeness (QED) is 0.0830. The Hall–Kier alpha value is -8.58. The molecular formula is C48H8F16N8OV. The number of benzene rings is 8. The molecule has 11 aromatic rings. The van der Waals surface area contributed by atoms with Gasteiger partial charge in [0.2, 0.25) is 0 Å². The van der Waals surface area contributed by atoms with E-state index in [2.05, 4.69) is 39.9 Å². The van der Waals surface area contributed by atoms with E-state index in [4.69, 9.17) is 3.67 Å². The van der Waals surface area contributed by atoms with Crippen molar-refractivity contribution in [1.29, 1.82) is 0 Å². The van der Waals surface area contributed by atoms with Gasteiger partial charge >= 0.3 is 21.0 Å². The number of aromatic nitrogens is 8. The van der Waals surface area contributed by atoms with Gasteiger partial charge in [0.05, 0.1) is 23.3 Å². The van der Waals surface area contributed by atoms with Crippen LogP contribution in [-0.4, -0.2) is 29.9 Å². The second-order valence-electron chi connectivity index (χ2n) is 16.3. The molecule has 0 saturated carbocycles. The van der Waals surface area contributed by atoms with Crippen LogP contribution in [0.3, 0.4) is 0 Å². The molecule has 0 N–H and O–H groups in total. The SMILES string of the molecule is Fc1c(F)c(F)c2cc3c(cc2c1F)-c1nc-3nc2[n-]c(nc3nc(nc4[n-]c(n1)c1cc5c(F)c(F)c(F)c(F)c5cc41)-c1cc4c(F)c(F)c(F)c(F)c4cc1-3)c1cc3c(F)c(F)c(F)c(F)c3cc21.[O]=[V+2]. The van der Waals surface area contributed by atoms with Crippen molar-refractivity contribution in [2.45, 2.75) is 0 Å². The Morgan fingerprint density at radius 3 is 0.568 bits per heavy atom. The van der Waals surface area contributed by atoms with Crippen molar-refractivity contribution in [2.75, 3.05) is 0 Å². The summed E-state index contributed by atoms with van der Waals surface area (Å²) in [5.41, 5.74) is -3.82. The molecular weight excluding hydrogens is 1060 g/mol. The first-order valence-electron chi connectivity index (χ1n) is 20.4. The van der Waals surface area contributed by atoms with Crippen LogP contribution in [0.25, 0.3) is 133 Å². The Bertz CT molecular complexity index is 4130. The molecule has 0 unspecified atom stereocenters. The van der Waals surface area contributed by atoms with Crippen molar-refractivity contribution in [1.82, 2.24) is 39.9 Å². The third-order valence-corrected chi connectivity index (χ3v) is 12.5. The second-order valence-corrected chi connectivity index (χ2v) is 16.3. The van der Waals surface area contributed by atoms with Crippen LogP contribution >= 0.6 is 0 Å². The van der Waals surface area contributed by atoms with Crippen LogP contribution in [-0.2, 0) is 21.0 Å². The average Bonchev–Trinajstić information content (AvgIpc) is 4.14. The molecule has 74 heavy (non-hydrogen) atoms. The summed E-state index contributed by atoms with van der Waals surface area (Å²) in [7, 11) is 0. The van der Waals surface area contributed by atoms with Crippen LogP contribution in [0.15, 0.2) is 48.5 Å². The van der Waals surface area contributed by atoms with Crippen LogP contribution < -0.4 is 9.97 Å². The van der Waals surface area contributed by atoms with Crippen molar-refractivity contribution < 1.29 is 91.3 Å². The topological polar surface area (TPSA) is 123 Å². The molecule has 0 saturated heterocycles. The van der Waals surface area contributed by atoms with Gasteiger partial charge in [-0.3, -0.25) is 0 Å². The molecule has 0 atom stereocenters. The van der Waals surface area contributed by atoms with Crippen molar-refractivity contribution >= 4 is 87.2 Å². The van der Waals surface area contributed by atoms with Crippen molar-refractivity contribution in [3.05, 3.63) is 142 Å². The number of halogens is 16. The fourth-order valence-electron chi connectivity index (χ4n) is 9.01. The fourth-order valence-corrected chi connectivity index (χ4v) is 9.01. The minimum absolute atomic E-state index is 0.356. The zero-order chi connectivity index (χ0) is 52.4. The van der Waals surface area contributed by atoms with Crippen LogP contribution in [0.5, 0.6) is 0 Å². The molecule has 0 fully saturated rings. The van der Waals surface area contributed by atoms with Gasteiger partial charge in [0.15, 0.2) is 93.1 Å². The molecule has 2 aliphatic rings. The van der Waals surface area contributed by atoms with E-state index < -0.39 is 182 Å². The molecule has 3 aromatic heterocycles. The first kappa shape index (κ1) is 46.5. The van der Waals surface area contributed by atoms with Gasteiger partial charge in [-0.25, -0.2) is 80.2 Å². The summed E-state index contributed by atoms with van der Waals surface area (Å²) in [6, 6.07) is 6.16. The summed E-state index contributed by atoms with van der Waals surface area (Å²) in [6.07, 6.45) is 0. The van der Waals surface area contributed by atoms with Gasteiger partial charge in [-0.2, -0.15) is 0 Å². The maximum atomic E-state index is 15.4. The average molecular weight is 1070 g/mol. The molecule has 363 valence electrons. The Morgan fingerprint density at radius 1 is 0.230 bits per heavy atom. The Labute approximate surface area is 404 Å². The molecule has 0 radical (unpaired) electrons. The summed E-state index contributed by atoms with van der Waals surface area (Å²) >= 11 is 1.06. The molecule has 8 bridgehead atoms. The molecule has 2 aliphatic heterocycles. The van der Waals surface area contributed by atoms with Crippen molar-refractivity contribution in [3.8, 4) is 45.6 Å². The number of hydrogen-bond donors (Lipinski definition) is 0. The van der Waals surface area contributed by atoms with Crippen LogP contribution in [0.2, 0.25) is 0 Å². The summed E-state index contributed by atoms with van der Waals surface area (Å²) in [6.45, 7) is 0. The Morgan fingerprint density at radius 2 is 0.392 bits per heavy atom. The van der Waals surface area contributed by atoms with Gasteiger partial charge in [0.25, 0.3) is 0 Å². The molecule has 0 spiro atoms. The molecule has 13 rings (SSSR count). The molecule has 26 heteroatoms. The van der Waals surface area contributed by atoms with Crippen molar-refractivity contribution in [3.63, 3.8) is 0 Å². The van der Waals surface area contributed by atoms with Gasteiger partial charge in [-0.1, -0.05) is 0 Å². The fraction of sp³-hybridized carbons (Fsp3) is 0. The molecule has 8 aromatic carbocycles. The Balaban J connectivity index is 0.00000275. The monoisotopic (exact) mass is 1070 g/mol. The third kappa shape index (κ3) is 6.21. The van der Waals surface area contributed by atoms with Gasteiger partial charge < -0.3 is 29.9 Å². The second kappa shape index (κ2) is 16.0. The number of fused-ring (bicyclic) bond motifs is 24. The predicted octanol–water partition coefficient (Wildman–Crippen LogP) is 12.8. The first-order valence-corrected chi connectivity index (χ1v) is 21.0. The standard InChI is InChI=1S/C48H8F16N8.O.V/c49-25-9-1-17-18(2-10(9)26(50)34(58)33(25)57)42-65-41(17)69-43-19-3-11-12(28(52)36(60)35(59)27(11)51)4-20(19)45(66-43)71-47-23-7-15-16(32(56)40(64)39(63)31(15)55)8-24(23)48(68-47)72-46-22-6-14-13(5-21(22)44(67-46)70-42)29(53)37(61)38(62)30(14)54;;/h1-8H;;/q-2;;+2. The van der Waals surface area contributed by atoms with E-state index >= 15 is 35.1 Å². The van der Waals surface area contributed by atoms with Gasteiger partial charge in [0, 0.05) is 87.9 Å². The van der Waals surface area contributed by atoms with E-state index in [1.54, 1.807) is 0 Å². The zero-order valence-corrected chi connectivity index (χ0v) is 36.5. The van der Waals surface area contributed by atoms with E-state index in [-0.39, 0.29) is 43.8 Å². The van der Waals surface area contributed by atoms with E-state index in [9.17, 15) is 35.1 Å². The van der Waals surface area contributed by atoms with Crippen LogP contribution in [0.4, 0.5) is 70.2 Å². The summed E-state index contributed by atoms with van der Waals surface area (Å²) in [4.78, 5) is 35.0. The zero-order valence-electron chi connectivity index (χ0n) is 35.1. The molecule has 0 amide bonds.